The third kappa shape index (κ3) is 5.06. The lowest BCUT2D eigenvalue weighted by atomic mass is 10.1. The smallest absolute Gasteiger partial charge is 0.348 e. The van der Waals surface area contributed by atoms with Gasteiger partial charge < -0.3 is 19.5 Å². The molecular weight excluding hydrogens is 374 g/mol. The van der Waals surface area contributed by atoms with E-state index in [0.717, 1.165) is 17.8 Å². The van der Waals surface area contributed by atoms with Crippen molar-refractivity contribution >= 4 is 40.2 Å². The van der Waals surface area contributed by atoms with Gasteiger partial charge in [0.05, 0.1) is 24.7 Å². The lowest BCUT2D eigenvalue weighted by molar-refractivity contribution is -0.148. The molecule has 1 amide bonds. The van der Waals surface area contributed by atoms with Gasteiger partial charge in [0.2, 0.25) is 0 Å². The molecule has 27 heavy (non-hydrogen) atoms. The Hall–Kier alpha value is -2.42. The largest absolute Gasteiger partial charge is 0.462 e. The van der Waals surface area contributed by atoms with Crippen LogP contribution in [0, 0.1) is 18.8 Å². The van der Waals surface area contributed by atoms with Gasteiger partial charge in [-0.05, 0) is 38.7 Å². The minimum absolute atomic E-state index is 0.0976. The van der Waals surface area contributed by atoms with E-state index in [0.29, 0.717) is 5.56 Å². The summed E-state index contributed by atoms with van der Waals surface area (Å²) in [7, 11) is 0. The Kier molecular flexibility index (Phi) is 6.95. The number of carbonyl (C=O) groups is 4. The van der Waals surface area contributed by atoms with E-state index in [1.165, 1.54) is 0 Å². The van der Waals surface area contributed by atoms with Gasteiger partial charge >= 0.3 is 17.9 Å². The Labute approximate surface area is 161 Å². The second-order valence-corrected chi connectivity index (χ2v) is 7.20. The summed E-state index contributed by atoms with van der Waals surface area (Å²) < 4.78 is 15.0. The zero-order chi connectivity index (χ0) is 20.1. The molecule has 0 bridgehead atoms. The van der Waals surface area contributed by atoms with Crippen LogP contribution < -0.4 is 5.32 Å². The number of hydrogen-bond donors (Lipinski definition) is 1. The Balaban J connectivity index is 2.14. The molecule has 1 N–H and O–H groups in total. The molecule has 2 atom stereocenters. The quantitative estimate of drug-likeness (QED) is 0.530. The minimum Gasteiger partial charge on any atom is -0.462 e. The maximum atomic E-state index is 12.3. The van der Waals surface area contributed by atoms with E-state index in [4.69, 9.17) is 14.2 Å². The molecule has 0 spiro atoms. The highest BCUT2D eigenvalue weighted by molar-refractivity contribution is 7.18. The number of carbonyl (C=O) groups excluding carboxylic acids is 4. The van der Waals surface area contributed by atoms with Gasteiger partial charge in [-0.2, -0.15) is 0 Å². The van der Waals surface area contributed by atoms with Crippen LogP contribution in [0.5, 0.6) is 0 Å². The third-order valence-electron chi connectivity index (χ3n) is 4.10. The number of rotatable bonds is 8. The lowest BCUT2D eigenvalue weighted by Crippen LogP contribution is -2.22. The molecule has 0 aromatic carbocycles. The third-order valence-corrected chi connectivity index (χ3v) is 5.29. The van der Waals surface area contributed by atoms with Gasteiger partial charge in [0.1, 0.15) is 9.88 Å². The fraction of sp³-hybridized carbons (Fsp3) is 0.556. The van der Waals surface area contributed by atoms with Crippen LogP contribution in [-0.2, 0) is 23.8 Å². The van der Waals surface area contributed by atoms with Crippen LogP contribution in [0.1, 0.15) is 52.8 Å². The van der Waals surface area contributed by atoms with Gasteiger partial charge in [0, 0.05) is 0 Å². The van der Waals surface area contributed by atoms with E-state index in [9.17, 15) is 19.2 Å². The van der Waals surface area contributed by atoms with Crippen LogP contribution in [0.2, 0.25) is 0 Å². The van der Waals surface area contributed by atoms with E-state index in [-0.39, 0.29) is 40.5 Å². The molecule has 8 nitrogen and oxygen atoms in total. The van der Waals surface area contributed by atoms with Crippen molar-refractivity contribution in [1.82, 2.24) is 0 Å². The fourth-order valence-corrected chi connectivity index (χ4v) is 3.60. The summed E-state index contributed by atoms with van der Waals surface area (Å²) >= 11 is 0.922. The van der Waals surface area contributed by atoms with Gasteiger partial charge in [0.15, 0.2) is 6.61 Å². The van der Waals surface area contributed by atoms with E-state index in [2.05, 4.69) is 5.32 Å². The van der Waals surface area contributed by atoms with E-state index in [1.54, 1.807) is 20.8 Å². The predicted molar refractivity (Wildman–Crippen MR) is 97.8 cm³/mol. The maximum absolute atomic E-state index is 12.3. The summed E-state index contributed by atoms with van der Waals surface area (Å²) in [5, 5.41) is 2.69. The molecule has 1 saturated carbocycles. The number of ether oxygens (including phenoxy) is 3. The van der Waals surface area contributed by atoms with Crippen molar-refractivity contribution < 1.29 is 33.4 Å². The predicted octanol–water partition coefficient (Wildman–Crippen LogP) is 2.55. The van der Waals surface area contributed by atoms with Crippen molar-refractivity contribution in [2.45, 2.75) is 34.1 Å². The zero-order valence-corrected chi connectivity index (χ0v) is 16.6. The van der Waals surface area contributed by atoms with Crippen LogP contribution >= 0.6 is 11.3 Å². The molecule has 1 aliphatic rings. The number of amides is 1. The molecule has 0 saturated heterocycles. The van der Waals surface area contributed by atoms with Crippen LogP contribution in [-0.4, -0.2) is 43.6 Å². The minimum atomic E-state index is -0.652. The van der Waals surface area contributed by atoms with Crippen molar-refractivity contribution in [3.05, 3.63) is 16.0 Å². The highest BCUT2D eigenvalue weighted by Gasteiger charge is 2.40. The SMILES string of the molecule is CCOC(=O)c1sc(NC(=O)COC(=O)[C@@H]2C[C@@H]2C)c(C(=O)OCC)c1C. The summed E-state index contributed by atoms with van der Waals surface area (Å²) in [6.07, 6.45) is 0.764. The monoisotopic (exact) mass is 397 g/mol. The van der Waals surface area contributed by atoms with Crippen molar-refractivity contribution in [2.24, 2.45) is 11.8 Å². The first-order valence-corrected chi connectivity index (χ1v) is 9.55. The molecule has 0 aliphatic heterocycles. The van der Waals surface area contributed by atoms with Gasteiger partial charge in [-0.3, -0.25) is 9.59 Å². The Morgan fingerprint density at radius 3 is 2.22 bits per heavy atom. The first kappa shape index (κ1) is 20.9. The maximum Gasteiger partial charge on any atom is 0.348 e. The number of esters is 3. The lowest BCUT2D eigenvalue weighted by Gasteiger charge is -2.07. The van der Waals surface area contributed by atoms with Crippen LogP contribution in [0.15, 0.2) is 0 Å². The second-order valence-electron chi connectivity index (χ2n) is 6.18. The van der Waals surface area contributed by atoms with Crippen LogP contribution in [0.4, 0.5) is 5.00 Å². The normalized spacial score (nSPS) is 17.8. The van der Waals surface area contributed by atoms with E-state index < -0.39 is 30.4 Å². The van der Waals surface area contributed by atoms with Crippen molar-refractivity contribution in [3.8, 4) is 0 Å². The first-order valence-electron chi connectivity index (χ1n) is 8.74. The molecule has 9 heteroatoms. The summed E-state index contributed by atoms with van der Waals surface area (Å²) in [6.45, 7) is 6.71. The van der Waals surface area contributed by atoms with Crippen molar-refractivity contribution in [2.75, 3.05) is 25.1 Å². The zero-order valence-electron chi connectivity index (χ0n) is 15.7. The molecule has 1 aromatic rings. The van der Waals surface area contributed by atoms with Gasteiger partial charge in [-0.1, -0.05) is 6.92 Å². The number of hydrogen-bond acceptors (Lipinski definition) is 8. The number of thiophene rings is 1. The summed E-state index contributed by atoms with van der Waals surface area (Å²) in [6, 6.07) is 0. The highest BCUT2D eigenvalue weighted by Crippen LogP contribution is 2.38. The number of nitrogens with one attached hydrogen (secondary N) is 1. The summed E-state index contributed by atoms with van der Waals surface area (Å²) in [4.78, 5) is 48.4. The molecule has 148 valence electrons. The second kappa shape index (κ2) is 8.98. The van der Waals surface area contributed by atoms with Crippen molar-refractivity contribution in [3.63, 3.8) is 0 Å². The first-order chi connectivity index (χ1) is 12.8. The molecule has 0 unspecified atom stereocenters. The molecule has 2 rings (SSSR count). The average Bonchev–Trinajstić information content (AvgIpc) is 3.25. The average molecular weight is 397 g/mol. The summed E-state index contributed by atoms with van der Waals surface area (Å²) in [5.74, 6) is -2.10. The van der Waals surface area contributed by atoms with Gasteiger partial charge in [0.25, 0.3) is 5.91 Å². The van der Waals surface area contributed by atoms with Gasteiger partial charge in [-0.15, -0.1) is 11.3 Å². The van der Waals surface area contributed by atoms with Crippen LogP contribution in [0.25, 0.3) is 0 Å². The summed E-state index contributed by atoms with van der Waals surface area (Å²) in [5.41, 5.74) is 0.469. The molecule has 0 radical (unpaired) electrons. The Morgan fingerprint density at radius 2 is 1.67 bits per heavy atom. The molecular formula is C18H23NO7S. The molecule has 1 aromatic heterocycles. The standard InChI is InChI=1S/C18H23NO7S/c1-5-24-17(22)13-10(4)14(18(23)25-6-2)27-15(13)19-12(20)8-26-16(21)11-7-9(11)3/h9,11H,5-8H2,1-4H3,(H,19,20)/t9-,11+/m0/s1. The topological polar surface area (TPSA) is 108 Å². The molecule has 1 fully saturated rings. The molecule has 1 heterocycles. The number of anilines is 1. The molecule has 1 aliphatic carbocycles. The Morgan fingerprint density at radius 1 is 1.07 bits per heavy atom. The van der Waals surface area contributed by atoms with Gasteiger partial charge in [-0.25, -0.2) is 9.59 Å². The van der Waals surface area contributed by atoms with E-state index >= 15 is 0 Å². The van der Waals surface area contributed by atoms with E-state index in [1.807, 2.05) is 6.92 Å². The van der Waals surface area contributed by atoms with Crippen molar-refractivity contribution in [1.29, 1.82) is 0 Å². The highest BCUT2D eigenvalue weighted by atomic mass is 32.1. The van der Waals surface area contributed by atoms with Crippen LogP contribution in [0.3, 0.4) is 0 Å². The Bertz CT molecular complexity index is 755. The fourth-order valence-electron chi connectivity index (χ4n) is 2.50.